The fourth-order valence-corrected chi connectivity index (χ4v) is 13.5. The van der Waals surface area contributed by atoms with Crippen molar-refractivity contribution in [2.45, 2.75) is 79.3 Å². The predicted octanol–water partition coefficient (Wildman–Crippen LogP) is 18.3. The molecule has 10 aromatic carbocycles. The first-order valence-electron chi connectivity index (χ1n) is 24.8. The van der Waals surface area contributed by atoms with Crippen molar-refractivity contribution in [1.82, 2.24) is 0 Å². The fourth-order valence-electron chi connectivity index (χ4n) is 11.0. The molecule has 0 unspecified atom stereocenters. The molecule has 0 atom stereocenters. The Labute approximate surface area is 413 Å². The Bertz CT molecular complexity index is 3810. The molecular weight excluding hydrogens is 885 g/mol. The number of hydrogen-bond donors (Lipinski definition) is 0. The Hall–Kier alpha value is -7.13. The molecule has 0 aliphatic heterocycles. The van der Waals surface area contributed by atoms with Crippen molar-refractivity contribution in [1.29, 1.82) is 0 Å². The lowest BCUT2D eigenvalue weighted by atomic mass is 9.83. The van der Waals surface area contributed by atoms with Crippen LogP contribution in [0.4, 0.5) is 34.1 Å². The summed E-state index contributed by atoms with van der Waals surface area (Å²) in [6.45, 7) is 26.1. The highest BCUT2D eigenvalue weighted by Gasteiger charge is 2.31. The third kappa shape index (κ3) is 6.98. The monoisotopic (exact) mass is 944 g/mol. The Balaban J connectivity index is 1.26. The molecule has 4 nitrogen and oxygen atoms in total. The second-order valence-corrected chi connectivity index (χ2v) is 32.9. The minimum absolute atomic E-state index is 0.0237. The summed E-state index contributed by atoms with van der Waals surface area (Å²) in [6, 6.07) is 61.3. The molecule has 12 aromatic rings. The van der Waals surface area contributed by atoms with Gasteiger partial charge in [-0.3, -0.25) is 0 Å². The quantitative estimate of drug-likeness (QED) is 0.112. The zero-order valence-corrected chi connectivity index (χ0v) is 44.3. The van der Waals surface area contributed by atoms with Crippen molar-refractivity contribution in [3.05, 3.63) is 180 Å². The van der Waals surface area contributed by atoms with Crippen molar-refractivity contribution in [3.63, 3.8) is 0 Å². The molecule has 2 heterocycles. The minimum atomic E-state index is -1.66. The van der Waals surface area contributed by atoms with Gasteiger partial charge in [-0.25, -0.2) is 0 Å². The van der Waals surface area contributed by atoms with Crippen molar-refractivity contribution in [2.75, 3.05) is 9.80 Å². The normalized spacial score (nSPS) is 12.8. The van der Waals surface area contributed by atoms with Gasteiger partial charge in [0, 0.05) is 49.1 Å². The highest BCUT2D eigenvalue weighted by Crippen LogP contribution is 2.53. The molecule has 0 radical (unpaired) electrons. The number of furan rings is 2. The fraction of sp³-hybridized carbons (Fsp3) is 0.188. The molecule has 0 saturated heterocycles. The van der Waals surface area contributed by atoms with Crippen LogP contribution in [0.15, 0.2) is 173 Å². The maximum Gasteiger partial charge on any atom is 0.159 e. The first-order valence-corrected chi connectivity index (χ1v) is 31.8. The lowest BCUT2D eigenvalue weighted by molar-refractivity contribution is 0.591. The zero-order chi connectivity index (χ0) is 48.6. The van der Waals surface area contributed by atoms with Gasteiger partial charge in [0.05, 0.1) is 38.9 Å². The highest BCUT2D eigenvalue weighted by molar-refractivity contribution is 6.89. The average Bonchev–Trinajstić information content (AvgIpc) is 3.91. The Morgan fingerprint density at radius 3 is 1.21 bits per heavy atom. The number of aryl methyl sites for hydroxylation is 2. The van der Waals surface area contributed by atoms with E-state index in [1.165, 1.54) is 59.4 Å². The van der Waals surface area contributed by atoms with E-state index >= 15 is 0 Å². The summed E-state index contributed by atoms with van der Waals surface area (Å²) >= 11 is 0. The van der Waals surface area contributed by atoms with E-state index in [0.717, 1.165) is 78.0 Å². The molecule has 0 aliphatic carbocycles. The van der Waals surface area contributed by atoms with Crippen LogP contribution in [0.3, 0.4) is 0 Å². The van der Waals surface area contributed by atoms with Crippen LogP contribution >= 0.6 is 0 Å². The van der Waals surface area contributed by atoms with Crippen LogP contribution in [0.1, 0.15) is 37.5 Å². The summed E-state index contributed by atoms with van der Waals surface area (Å²) in [5, 5.41) is 14.6. The lowest BCUT2D eigenvalue weighted by Crippen LogP contribution is -2.37. The number of benzene rings is 10. The molecule has 2 aromatic heterocycles. The van der Waals surface area contributed by atoms with Crippen LogP contribution < -0.4 is 20.2 Å². The van der Waals surface area contributed by atoms with Gasteiger partial charge in [0.25, 0.3) is 0 Å². The summed E-state index contributed by atoms with van der Waals surface area (Å²) in [4.78, 5) is 5.01. The Kier molecular flexibility index (Phi) is 9.89. The molecule has 0 N–H and O–H groups in total. The van der Waals surface area contributed by atoms with Crippen molar-refractivity contribution >= 4 is 137 Å². The summed E-state index contributed by atoms with van der Waals surface area (Å²) in [7, 11) is -3.32. The number of rotatable bonds is 8. The second kappa shape index (κ2) is 15.7. The zero-order valence-electron chi connectivity index (χ0n) is 42.3. The van der Waals surface area contributed by atoms with E-state index in [1.54, 1.807) is 0 Å². The molecular formula is C64H60N2O2Si2. The number of nitrogens with zero attached hydrogens (tertiary/aromatic N) is 2. The van der Waals surface area contributed by atoms with Crippen molar-refractivity contribution < 1.29 is 8.83 Å². The van der Waals surface area contributed by atoms with E-state index in [-0.39, 0.29) is 5.41 Å². The smallest absolute Gasteiger partial charge is 0.159 e. The van der Waals surface area contributed by atoms with Gasteiger partial charge in [-0.2, -0.15) is 0 Å². The van der Waals surface area contributed by atoms with Crippen LogP contribution in [0.5, 0.6) is 0 Å². The lowest BCUT2D eigenvalue weighted by Gasteiger charge is -2.34. The standard InChI is InChI=1S/C64H60N2O2Si2/c1-39-34-44(69(6,7)8)28-32-52(39)65(54-22-16-20-48-46-18-12-14-24-58(46)67-62(48)54)56-38-57(51-31-27-42-37-43(64(3,4)5)36-41-26-30-50(56)61(51)60(41)42)66(53-33-29-45(35-40(53)2)70(9,10)11)55-23-17-21-49-47-19-13-15-25-59(47)68-63(49)55/h12-38H,1-11H3. The predicted molar refractivity (Wildman–Crippen MR) is 308 cm³/mol. The second-order valence-electron chi connectivity index (χ2n) is 22.7. The largest absolute Gasteiger partial charge is 0.454 e. The van der Waals surface area contributed by atoms with Crippen molar-refractivity contribution in [2.24, 2.45) is 0 Å². The van der Waals surface area contributed by atoms with Crippen LogP contribution in [-0.2, 0) is 5.41 Å². The average molecular weight is 945 g/mol. The number of hydrogen-bond acceptors (Lipinski definition) is 4. The first kappa shape index (κ1) is 44.1. The van der Waals surface area contributed by atoms with E-state index in [2.05, 4.69) is 247 Å². The van der Waals surface area contributed by atoms with Gasteiger partial charge < -0.3 is 18.6 Å². The highest BCUT2D eigenvalue weighted by atomic mass is 28.3. The summed E-state index contributed by atoms with van der Waals surface area (Å²) in [5.41, 5.74) is 13.6. The van der Waals surface area contributed by atoms with Crippen LogP contribution in [0, 0.1) is 13.8 Å². The molecule has 70 heavy (non-hydrogen) atoms. The van der Waals surface area contributed by atoms with E-state index in [0.29, 0.717) is 0 Å². The van der Waals surface area contributed by atoms with Crippen LogP contribution in [0.2, 0.25) is 39.3 Å². The molecule has 12 rings (SSSR count). The van der Waals surface area contributed by atoms with Gasteiger partial charge in [-0.1, -0.05) is 192 Å². The van der Waals surface area contributed by atoms with E-state index in [9.17, 15) is 0 Å². The molecule has 0 saturated carbocycles. The molecule has 0 spiro atoms. The molecule has 0 bridgehead atoms. The van der Waals surface area contributed by atoms with Gasteiger partial charge in [0.2, 0.25) is 0 Å². The van der Waals surface area contributed by atoms with Crippen molar-refractivity contribution in [3.8, 4) is 0 Å². The SMILES string of the molecule is Cc1cc([Si](C)(C)C)ccc1N(c1cc(N(c2ccc([Si](C)(C)C)cc2C)c2cccc3c2oc2ccccc23)c2ccc3cc(C(C)(C)C)cc4ccc1c2c43)c1cccc2c1oc1ccccc12. The van der Waals surface area contributed by atoms with Gasteiger partial charge in [-0.05, 0) is 94.6 Å². The van der Waals surface area contributed by atoms with Crippen LogP contribution in [-0.4, -0.2) is 16.1 Å². The molecule has 6 heteroatoms. The summed E-state index contributed by atoms with van der Waals surface area (Å²) in [5.74, 6) is 0. The third-order valence-electron chi connectivity index (χ3n) is 14.9. The third-order valence-corrected chi connectivity index (χ3v) is 19.0. The van der Waals surface area contributed by atoms with Gasteiger partial charge >= 0.3 is 0 Å². The number of anilines is 6. The van der Waals surface area contributed by atoms with Gasteiger partial charge in [0.15, 0.2) is 11.2 Å². The summed E-state index contributed by atoms with van der Waals surface area (Å²) in [6.07, 6.45) is 0. The number of fused-ring (bicyclic) bond motifs is 6. The maximum atomic E-state index is 6.99. The number of para-hydroxylation sites is 4. The van der Waals surface area contributed by atoms with E-state index < -0.39 is 16.1 Å². The first-order chi connectivity index (χ1) is 33.4. The van der Waals surface area contributed by atoms with Gasteiger partial charge in [0.1, 0.15) is 11.2 Å². The maximum absolute atomic E-state index is 6.99. The molecule has 0 fully saturated rings. The van der Waals surface area contributed by atoms with E-state index in [4.69, 9.17) is 8.83 Å². The molecule has 0 aliphatic rings. The minimum Gasteiger partial charge on any atom is -0.454 e. The molecule has 346 valence electrons. The van der Waals surface area contributed by atoms with Gasteiger partial charge in [-0.15, -0.1) is 0 Å². The van der Waals surface area contributed by atoms with E-state index in [1.807, 2.05) is 0 Å². The Morgan fingerprint density at radius 1 is 0.371 bits per heavy atom. The molecule has 0 amide bonds. The topological polar surface area (TPSA) is 32.8 Å². The summed E-state index contributed by atoms with van der Waals surface area (Å²) < 4.78 is 14.0. The van der Waals surface area contributed by atoms with Crippen LogP contribution in [0.25, 0.3) is 76.2 Å². The Morgan fingerprint density at radius 2 is 0.800 bits per heavy atom.